The maximum Gasteiger partial charge on any atom is 0.272 e. The van der Waals surface area contributed by atoms with E-state index in [-0.39, 0.29) is 26.5 Å². The van der Waals surface area contributed by atoms with Crippen LogP contribution in [-0.2, 0) is 11.8 Å². The molecule has 5 rings (SSSR count). The van der Waals surface area contributed by atoms with Crippen molar-refractivity contribution >= 4 is 22.7 Å². The Morgan fingerprint density at radius 1 is 1.06 bits per heavy atom. The van der Waals surface area contributed by atoms with Crippen molar-refractivity contribution in [1.29, 1.82) is 0 Å². The minimum absolute atomic E-state index is 0. The van der Waals surface area contributed by atoms with Crippen LogP contribution in [0.5, 0.6) is 5.75 Å². The zero-order chi connectivity index (χ0) is 22.8. The molecule has 0 spiro atoms. The number of aryl methyl sites for hydroxylation is 2. The Kier molecular flexibility index (Phi) is 8.67. The van der Waals surface area contributed by atoms with Crippen molar-refractivity contribution in [3.63, 3.8) is 0 Å². The first-order chi connectivity index (χ1) is 16.1. The maximum absolute atomic E-state index is 12.6. The molecule has 0 unspecified atom stereocenters. The normalized spacial score (nSPS) is 20.0. The second-order valence-electron chi connectivity index (χ2n) is 8.78. The molecule has 2 aliphatic rings. The molecule has 0 radical (unpaired) electrons. The van der Waals surface area contributed by atoms with Gasteiger partial charge in [0.15, 0.2) is 0 Å². The second-order valence-corrected chi connectivity index (χ2v) is 8.78. The first-order valence-corrected chi connectivity index (χ1v) is 11.6. The van der Waals surface area contributed by atoms with E-state index in [2.05, 4.69) is 37.3 Å². The van der Waals surface area contributed by atoms with Crippen molar-refractivity contribution in [2.45, 2.75) is 59.6 Å². The second kappa shape index (κ2) is 11.5. The van der Waals surface area contributed by atoms with Crippen molar-refractivity contribution in [1.82, 2.24) is 19.5 Å². The highest BCUT2D eigenvalue weighted by atomic mass is 16.5. The van der Waals surface area contributed by atoms with Crippen LogP contribution in [0.25, 0.3) is 11.0 Å². The fraction of sp³-hybridized carbons (Fsp3) is 0.538. The van der Waals surface area contributed by atoms with Gasteiger partial charge in [0.2, 0.25) is 5.95 Å². The molecular formula is C26H38N6O3. The zero-order valence-electron chi connectivity index (χ0n) is 19.2. The number of fused-ring (bicyclic) bond motifs is 1. The van der Waals surface area contributed by atoms with E-state index in [1.54, 1.807) is 30.9 Å². The molecule has 1 aromatic carbocycles. The first-order valence-electron chi connectivity index (χ1n) is 11.6. The number of morpholine rings is 1. The Hall–Kier alpha value is -3.20. The molecule has 1 saturated carbocycles. The Morgan fingerprint density at radius 2 is 1.74 bits per heavy atom. The van der Waals surface area contributed by atoms with Crippen LogP contribution >= 0.6 is 0 Å². The number of hydrogen-bond donors (Lipinski definition) is 1. The number of ether oxygens (including phenoxy) is 2. The third kappa shape index (κ3) is 5.73. The third-order valence-corrected chi connectivity index (χ3v) is 6.52. The lowest BCUT2D eigenvalue weighted by atomic mass is 9.93. The Bertz CT molecular complexity index is 1170. The summed E-state index contributed by atoms with van der Waals surface area (Å²) in [6.45, 7) is 4.82. The van der Waals surface area contributed by atoms with Crippen LogP contribution in [0.1, 0.15) is 46.2 Å². The van der Waals surface area contributed by atoms with Crippen molar-refractivity contribution in [3.8, 4) is 5.75 Å². The van der Waals surface area contributed by atoms with Crippen LogP contribution in [-0.4, -0.2) is 58.0 Å². The molecule has 9 nitrogen and oxygen atoms in total. The molecule has 0 amide bonds. The van der Waals surface area contributed by atoms with Crippen molar-refractivity contribution in [2.24, 2.45) is 7.05 Å². The van der Waals surface area contributed by atoms with Crippen molar-refractivity contribution < 1.29 is 9.47 Å². The molecule has 3 aromatic rings. The predicted molar refractivity (Wildman–Crippen MR) is 141 cm³/mol. The van der Waals surface area contributed by atoms with Gasteiger partial charge in [-0.15, -0.1) is 0 Å². The van der Waals surface area contributed by atoms with Gasteiger partial charge in [0.05, 0.1) is 24.8 Å². The lowest BCUT2D eigenvalue weighted by molar-refractivity contribution is 0.122. The maximum atomic E-state index is 12.6. The van der Waals surface area contributed by atoms with Crippen LogP contribution in [0.2, 0.25) is 0 Å². The highest BCUT2D eigenvalue weighted by molar-refractivity contribution is 5.86. The summed E-state index contributed by atoms with van der Waals surface area (Å²) in [5.74, 6) is 1.39. The summed E-state index contributed by atoms with van der Waals surface area (Å²) in [6.07, 6.45) is 7.36. The number of anilines is 2. The van der Waals surface area contributed by atoms with Crippen LogP contribution in [0.3, 0.4) is 0 Å². The minimum Gasteiger partial charge on any atom is -0.488 e. The van der Waals surface area contributed by atoms with E-state index in [0.717, 1.165) is 61.2 Å². The molecule has 0 bridgehead atoms. The molecule has 9 heteroatoms. The van der Waals surface area contributed by atoms with Gasteiger partial charge in [-0.2, -0.15) is 0 Å². The van der Waals surface area contributed by atoms with E-state index in [9.17, 15) is 4.79 Å². The summed E-state index contributed by atoms with van der Waals surface area (Å²) in [4.78, 5) is 28.1. The van der Waals surface area contributed by atoms with Crippen molar-refractivity contribution in [2.75, 3.05) is 36.5 Å². The minimum atomic E-state index is -0.0951. The molecule has 0 atom stereocenters. The molecule has 1 N–H and O–H groups in total. The average Bonchev–Trinajstić information content (AvgIpc) is 2.85. The van der Waals surface area contributed by atoms with Gasteiger partial charge in [-0.3, -0.25) is 4.79 Å². The molecule has 1 saturated heterocycles. The smallest absolute Gasteiger partial charge is 0.272 e. The predicted octanol–water partition coefficient (Wildman–Crippen LogP) is 3.94. The molecule has 190 valence electrons. The van der Waals surface area contributed by atoms with E-state index in [1.807, 2.05) is 6.07 Å². The number of benzene rings is 1. The number of nitrogens with zero attached hydrogens (tertiary/aromatic N) is 5. The Balaban J connectivity index is 0.00000171. The number of rotatable bonds is 5. The van der Waals surface area contributed by atoms with Gasteiger partial charge in [-0.25, -0.2) is 15.0 Å². The molecule has 3 heterocycles. The summed E-state index contributed by atoms with van der Waals surface area (Å²) in [5, 5.41) is 3.42. The van der Waals surface area contributed by atoms with Gasteiger partial charge in [0.25, 0.3) is 5.56 Å². The van der Waals surface area contributed by atoms with Crippen molar-refractivity contribution in [3.05, 3.63) is 46.6 Å². The van der Waals surface area contributed by atoms with E-state index in [4.69, 9.17) is 9.47 Å². The van der Waals surface area contributed by atoms with E-state index < -0.39 is 0 Å². The molecule has 1 aliphatic carbocycles. The monoisotopic (exact) mass is 482 g/mol. The highest BCUT2D eigenvalue weighted by Crippen LogP contribution is 2.33. The van der Waals surface area contributed by atoms with Gasteiger partial charge in [0, 0.05) is 50.3 Å². The van der Waals surface area contributed by atoms with Crippen LogP contribution in [0.4, 0.5) is 11.6 Å². The van der Waals surface area contributed by atoms with Crippen LogP contribution in [0.15, 0.2) is 35.4 Å². The summed E-state index contributed by atoms with van der Waals surface area (Å²) >= 11 is 0. The number of aromatic nitrogens is 4. The van der Waals surface area contributed by atoms with Gasteiger partial charge < -0.3 is 24.3 Å². The molecule has 35 heavy (non-hydrogen) atoms. The standard InChI is InChI=1S/C24H30N6O3.2CH4/c1-16-23(31)29(2)22-20(27-16)14-18(30-10-12-32-13-11-30)15-21(22)33-19-6-4-17(5-7-19)28-24-25-8-3-9-26-24;;/h3,8-9,14-15,17,19H,4-7,10-13H2,1-2H3,(H,25,26,28);2*1H4. The van der Waals surface area contributed by atoms with Crippen LogP contribution < -0.4 is 20.5 Å². The van der Waals surface area contributed by atoms with E-state index >= 15 is 0 Å². The largest absolute Gasteiger partial charge is 0.488 e. The topological polar surface area (TPSA) is 94.4 Å². The quantitative estimate of drug-likeness (QED) is 0.584. The lowest BCUT2D eigenvalue weighted by Gasteiger charge is -2.32. The molecule has 2 fully saturated rings. The van der Waals surface area contributed by atoms with Gasteiger partial charge in [-0.1, -0.05) is 14.9 Å². The first kappa shape index (κ1) is 26.4. The lowest BCUT2D eigenvalue weighted by Crippen LogP contribution is -2.36. The summed E-state index contributed by atoms with van der Waals surface area (Å²) in [6, 6.07) is 6.26. The van der Waals surface area contributed by atoms with Gasteiger partial charge in [-0.05, 0) is 44.7 Å². The highest BCUT2D eigenvalue weighted by Gasteiger charge is 2.25. The molecule has 2 aromatic heterocycles. The Morgan fingerprint density at radius 3 is 2.43 bits per heavy atom. The third-order valence-electron chi connectivity index (χ3n) is 6.52. The molecule has 1 aliphatic heterocycles. The molecular weight excluding hydrogens is 444 g/mol. The zero-order valence-corrected chi connectivity index (χ0v) is 19.2. The van der Waals surface area contributed by atoms with E-state index in [0.29, 0.717) is 30.9 Å². The summed E-state index contributed by atoms with van der Waals surface area (Å²) in [5.41, 5.74) is 2.99. The van der Waals surface area contributed by atoms with Gasteiger partial charge >= 0.3 is 0 Å². The number of nitrogens with one attached hydrogen (secondary N) is 1. The summed E-state index contributed by atoms with van der Waals surface area (Å²) in [7, 11) is 1.79. The fourth-order valence-electron chi connectivity index (χ4n) is 4.73. The van der Waals surface area contributed by atoms with Crippen LogP contribution in [0, 0.1) is 6.92 Å². The van der Waals surface area contributed by atoms with Gasteiger partial charge in [0.1, 0.15) is 17.0 Å². The van der Waals surface area contributed by atoms with E-state index in [1.165, 1.54) is 0 Å². The number of hydrogen-bond acceptors (Lipinski definition) is 8. The summed E-state index contributed by atoms with van der Waals surface area (Å²) < 4.78 is 13.7. The fourth-order valence-corrected chi connectivity index (χ4v) is 4.73. The Labute approximate surface area is 207 Å². The average molecular weight is 483 g/mol. The SMILES string of the molecule is C.C.Cc1nc2cc(N3CCOCC3)cc(OC3CCC(Nc4ncccn4)CC3)c2n(C)c1=O.